The van der Waals surface area contributed by atoms with Crippen LogP contribution >= 0.6 is 0 Å². The summed E-state index contributed by atoms with van der Waals surface area (Å²) in [6.45, 7) is 4.94. The topological polar surface area (TPSA) is 115 Å². The lowest BCUT2D eigenvalue weighted by Crippen LogP contribution is -2.39. The van der Waals surface area contributed by atoms with Crippen LogP contribution in [0, 0.1) is 0 Å². The highest BCUT2D eigenvalue weighted by atomic mass is 16.6. The monoisotopic (exact) mass is 443 g/mol. The Morgan fingerprint density at radius 3 is 2.22 bits per heavy atom. The molecule has 0 saturated carbocycles. The number of nitrogens with one attached hydrogen (secondary N) is 3. The summed E-state index contributed by atoms with van der Waals surface area (Å²) in [7, 11) is 1.52. The molecule has 0 aromatic heterocycles. The van der Waals surface area contributed by atoms with E-state index in [1.54, 1.807) is 69.3 Å². The van der Waals surface area contributed by atoms with E-state index in [9.17, 15) is 14.4 Å². The van der Waals surface area contributed by atoms with Gasteiger partial charge in [0.15, 0.2) is 18.1 Å². The second-order valence-electron chi connectivity index (χ2n) is 7.78. The lowest BCUT2D eigenvalue weighted by Gasteiger charge is -2.19. The first-order valence-corrected chi connectivity index (χ1v) is 10.0. The van der Waals surface area contributed by atoms with E-state index in [0.717, 1.165) is 0 Å². The van der Waals surface area contributed by atoms with Gasteiger partial charge in [-0.2, -0.15) is 0 Å². The van der Waals surface area contributed by atoms with E-state index >= 15 is 0 Å². The smallest absolute Gasteiger partial charge is 0.408 e. The van der Waals surface area contributed by atoms with Gasteiger partial charge >= 0.3 is 6.09 Å². The fourth-order valence-corrected chi connectivity index (χ4v) is 2.59. The van der Waals surface area contributed by atoms with Crippen molar-refractivity contribution in [2.24, 2.45) is 0 Å². The molecule has 0 aliphatic rings. The van der Waals surface area contributed by atoms with E-state index < -0.39 is 17.6 Å². The van der Waals surface area contributed by atoms with Gasteiger partial charge in [-0.15, -0.1) is 0 Å². The van der Waals surface area contributed by atoms with E-state index in [4.69, 9.17) is 14.2 Å². The van der Waals surface area contributed by atoms with Crippen LogP contribution in [0.4, 0.5) is 10.5 Å². The van der Waals surface area contributed by atoms with Gasteiger partial charge in [-0.05, 0) is 44.5 Å². The minimum absolute atomic E-state index is 0.165. The highest BCUT2D eigenvalue weighted by Gasteiger charge is 2.16. The van der Waals surface area contributed by atoms with Crippen molar-refractivity contribution < 1.29 is 28.6 Å². The summed E-state index contributed by atoms with van der Waals surface area (Å²) < 4.78 is 15.8. The molecule has 172 valence electrons. The van der Waals surface area contributed by atoms with Crippen molar-refractivity contribution in [3.05, 3.63) is 54.1 Å². The van der Waals surface area contributed by atoms with Crippen LogP contribution in [0.5, 0.6) is 11.5 Å². The van der Waals surface area contributed by atoms with Crippen LogP contribution in [0.1, 0.15) is 26.3 Å². The van der Waals surface area contributed by atoms with Crippen LogP contribution in [-0.4, -0.2) is 43.8 Å². The number of para-hydroxylation sites is 3. The second kappa shape index (κ2) is 11.6. The maximum absolute atomic E-state index is 12.3. The zero-order valence-electron chi connectivity index (χ0n) is 18.7. The minimum atomic E-state index is -0.671. The number of hydrogen-bond donors (Lipinski definition) is 3. The lowest BCUT2D eigenvalue weighted by atomic mass is 10.1. The van der Waals surface area contributed by atoms with Gasteiger partial charge in [-0.25, -0.2) is 4.79 Å². The highest BCUT2D eigenvalue weighted by molar-refractivity contribution is 5.92. The molecule has 9 heteroatoms. The molecule has 0 spiro atoms. The maximum atomic E-state index is 12.3. The number of alkyl carbamates (subject to hydrolysis) is 1. The fraction of sp³-hybridized carbons (Fsp3) is 0.348. The third-order valence-electron chi connectivity index (χ3n) is 3.99. The van der Waals surface area contributed by atoms with Crippen LogP contribution < -0.4 is 25.4 Å². The van der Waals surface area contributed by atoms with Gasteiger partial charge in [0.25, 0.3) is 5.91 Å². The van der Waals surface area contributed by atoms with Crippen molar-refractivity contribution in [1.82, 2.24) is 10.6 Å². The first-order valence-electron chi connectivity index (χ1n) is 10.0. The van der Waals surface area contributed by atoms with Crippen molar-refractivity contribution >= 4 is 23.6 Å². The van der Waals surface area contributed by atoms with Gasteiger partial charge in [-0.1, -0.05) is 30.3 Å². The maximum Gasteiger partial charge on any atom is 0.408 e. The van der Waals surface area contributed by atoms with Gasteiger partial charge in [0.1, 0.15) is 12.1 Å². The standard InChI is InChI=1S/C23H29N3O6/c1-23(2,3)32-22(29)25-14-20(27)24-13-16-9-5-6-10-17(16)26-21(28)15-31-19-12-8-7-11-18(19)30-4/h5-12H,13-15H2,1-4H3,(H,24,27)(H,25,29)(H,26,28). The molecule has 0 unspecified atom stereocenters. The first-order chi connectivity index (χ1) is 15.2. The molecule has 0 saturated heterocycles. The molecule has 0 heterocycles. The van der Waals surface area contributed by atoms with Gasteiger partial charge in [0, 0.05) is 12.2 Å². The number of anilines is 1. The molecule has 2 aromatic rings. The number of benzene rings is 2. The van der Waals surface area contributed by atoms with Crippen molar-refractivity contribution in [3.63, 3.8) is 0 Å². The Balaban J connectivity index is 1.84. The third-order valence-corrected chi connectivity index (χ3v) is 3.99. The van der Waals surface area contributed by atoms with Gasteiger partial charge in [0.2, 0.25) is 5.91 Å². The molecule has 0 aliphatic heterocycles. The SMILES string of the molecule is COc1ccccc1OCC(=O)Nc1ccccc1CNC(=O)CNC(=O)OC(C)(C)C. The molecule has 0 aliphatic carbocycles. The summed E-state index contributed by atoms with van der Waals surface area (Å²) in [5.41, 5.74) is 0.595. The van der Waals surface area contributed by atoms with E-state index in [1.807, 2.05) is 0 Å². The molecule has 2 rings (SSSR count). The predicted molar refractivity (Wildman–Crippen MR) is 120 cm³/mol. The van der Waals surface area contributed by atoms with Gasteiger partial charge in [-0.3, -0.25) is 9.59 Å². The number of amides is 3. The Morgan fingerprint density at radius 1 is 0.875 bits per heavy atom. The molecule has 0 atom stereocenters. The van der Waals surface area contributed by atoms with Crippen LogP contribution in [0.3, 0.4) is 0 Å². The largest absolute Gasteiger partial charge is 0.493 e. The summed E-state index contributed by atoms with van der Waals surface area (Å²) in [4.78, 5) is 36.0. The summed E-state index contributed by atoms with van der Waals surface area (Å²) in [5.74, 6) is 0.240. The van der Waals surface area contributed by atoms with Crippen LogP contribution in [0.25, 0.3) is 0 Å². The molecular formula is C23H29N3O6. The Bertz CT molecular complexity index is 939. The zero-order valence-corrected chi connectivity index (χ0v) is 18.7. The summed E-state index contributed by atoms with van der Waals surface area (Å²) >= 11 is 0. The normalized spacial score (nSPS) is 10.6. The van der Waals surface area contributed by atoms with E-state index in [2.05, 4.69) is 16.0 Å². The van der Waals surface area contributed by atoms with Gasteiger partial charge in [0.05, 0.1) is 7.11 Å². The van der Waals surface area contributed by atoms with E-state index in [-0.39, 0.29) is 25.6 Å². The van der Waals surface area contributed by atoms with E-state index in [0.29, 0.717) is 22.7 Å². The van der Waals surface area contributed by atoms with Crippen molar-refractivity contribution in [2.75, 3.05) is 25.6 Å². The lowest BCUT2D eigenvalue weighted by molar-refractivity contribution is -0.120. The average Bonchev–Trinajstić information content (AvgIpc) is 2.74. The van der Waals surface area contributed by atoms with E-state index in [1.165, 1.54) is 7.11 Å². The summed E-state index contributed by atoms with van der Waals surface area (Å²) in [6.07, 6.45) is -0.671. The van der Waals surface area contributed by atoms with Crippen molar-refractivity contribution in [3.8, 4) is 11.5 Å². The highest BCUT2D eigenvalue weighted by Crippen LogP contribution is 2.25. The number of carbonyl (C=O) groups excluding carboxylic acids is 3. The molecular weight excluding hydrogens is 414 g/mol. The quantitative estimate of drug-likeness (QED) is 0.549. The number of ether oxygens (including phenoxy) is 3. The fourth-order valence-electron chi connectivity index (χ4n) is 2.59. The van der Waals surface area contributed by atoms with Crippen LogP contribution in [0.2, 0.25) is 0 Å². The van der Waals surface area contributed by atoms with Crippen molar-refractivity contribution in [2.45, 2.75) is 32.9 Å². The summed E-state index contributed by atoms with van der Waals surface area (Å²) in [5, 5.41) is 7.86. The predicted octanol–water partition coefficient (Wildman–Crippen LogP) is 2.85. The molecule has 0 fully saturated rings. The zero-order chi connectivity index (χ0) is 23.6. The Morgan fingerprint density at radius 2 is 1.53 bits per heavy atom. The Kier molecular flexibility index (Phi) is 8.88. The van der Waals surface area contributed by atoms with Crippen LogP contribution in [0.15, 0.2) is 48.5 Å². The average molecular weight is 444 g/mol. The second-order valence-corrected chi connectivity index (χ2v) is 7.78. The number of hydrogen-bond acceptors (Lipinski definition) is 6. The Labute approximate surface area is 187 Å². The molecule has 0 bridgehead atoms. The molecule has 0 radical (unpaired) electrons. The number of rotatable bonds is 9. The molecule has 2 aromatic carbocycles. The number of carbonyl (C=O) groups is 3. The van der Waals surface area contributed by atoms with Crippen LogP contribution in [-0.2, 0) is 20.9 Å². The van der Waals surface area contributed by atoms with Gasteiger partial charge < -0.3 is 30.2 Å². The number of methoxy groups -OCH3 is 1. The summed E-state index contributed by atoms with van der Waals surface area (Å²) in [6, 6.07) is 14.1. The third kappa shape index (κ3) is 8.55. The minimum Gasteiger partial charge on any atom is -0.493 e. The molecule has 32 heavy (non-hydrogen) atoms. The van der Waals surface area contributed by atoms with Crippen molar-refractivity contribution in [1.29, 1.82) is 0 Å². The first kappa shape index (κ1) is 24.5. The molecule has 3 amide bonds. The molecule has 3 N–H and O–H groups in total. The molecule has 9 nitrogen and oxygen atoms in total. The Hall–Kier alpha value is -3.75.